The van der Waals surface area contributed by atoms with E-state index >= 15 is 0 Å². The van der Waals surface area contributed by atoms with E-state index in [1.54, 1.807) is 0 Å². The van der Waals surface area contributed by atoms with E-state index in [1.807, 2.05) is 24.3 Å². The zero-order valence-corrected chi connectivity index (χ0v) is 12.6. The number of hydrogen-bond donors (Lipinski definition) is 2. The van der Waals surface area contributed by atoms with Gasteiger partial charge in [0, 0.05) is 18.7 Å². The first-order chi connectivity index (χ1) is 10.1. The number of amides is 1. The van der Waals surface area contributed by atoms with Gasteiger partial charge in [0.2, 0.25) is 0 Å². The maximum Gasteiger partial charge on any atom is 0.251 e. The molecule has 0 unspecified atom stereocenters. The molecule has 110 valence electrons. The molecule has 2 rings (SSSR count). The molecule has 0 radical (unpaired) electrons. The number of nitrogens with two attached hydrogens (primary N) is 1. The first-order valence-corrected chi connectivity index (χ1v) is 7.30. The van der Waals surface area contributed by atoms with Gasteiger partial charge in [-0.3, -0.25) is 4.79 Å². The molecule has 3 heteroatoms. The fourth-order valence-corrected chi connectivity index (χ4v) is 2.21. The van der Waals surface area contributed by atoms with Crippen molar-refractivity contribution in [2.45, 2.75) is 19.8 Å². The zero-order chi connectivity index (χ0) is 15.2. The lowest BCUT2D eigenvalue weighted by Crippen LogP contribution is -2.28. The molecule has 0 bridgehead atoms. The molecule has 0 aliphatic heterocycles. The topological polar surface area (TPSA) is 55.1 Å². The van der Waals surface area contributed by atoms with Crippen molar-refractivity contribution in [3.8, 4) is 11.1 Å². The minimum absolute atomic E-state index is 0.0812. The Hall–Kier alpha value is -2.13. The summed E-state index contributed by atoms with van der Waals surface area (Å²) in [4.78, 5) is 12.0. The summed E-state index contributed by atoms with van der Waals surface area (Å²) in [5, 5.41) is 2.79. The van der Waals surface area contributed by atoms with Crippen LogP contribution in [0.25, 0.3) is 11.1 Å². The number of nitrogens with one attached hydrogen (secondary N) is 1. The van der Waals surface area contributed by atoms with Gasteiger partial charge in [-0.05, 0) is 34.7 Å². The lowest BCUT2D eigenvalue weighted by Gasteiger charge is -2.10. The van der Waals surface area contributed by atoms with Gasteiger partial charge in [0.05, 0.1) is 0 Å². The van der Waals surface area contributed by atoms with Crippen LogP contribution in [0.4, 0.5) is 0 Å². The number of carbonyl (C=O) groups excluding carboxylic acids is 1. The first-order valence-electron chi connectivity index (χ1n) is 7.30. The van der Waals surface area contributed by atoms with Crippen molar-refractivity contribution in [2.24, 2.45) is 5.73 Å². The second-order valence-electron chi connectivity index (χ2n) is 5.41. The van der Waals surface area contributed by atoms with E-state index in [9.17, 15) is 4.79 Å². The average Bonchev–Trinajstić information content (AvgIpc) is 2.52. The standard InChI is InChI=1S/C18H22N2O/c1-13(2)14-5-3-6-15(11-14)16-7-4-8-17(12-16)18(21)20-10-9-19/h3-8,11-13H,9-10,19H2,1-2H3,(H,20,21). The lowest BCUT2D eigenvalue weighted by atomic mass is 9.96. The predicted octanol–water partition coefficient (Wildman–Crippen LogP) is 3.17. The Morgan fingerprint density at radius 2 is 1.76 bits per heavy atom. The van der Waals surface area contributed by atoms with Crippen LogP contribution in [0.3, 0.4) is 0 Å². The quantitative estimate of drug-likeness (QED) is 0.885. The molecule has 3 nitrogen and oxygen atoms in total. The van der Waals surface area contributed by atoms with Gasteiger partial charge in [0.1, 0.15) is 0 Å². The van der Waals surface area contributed by atoms with Crippen LogP contribution >= 0.6 is 0 Å². The second-order valence-corrected chi connectivity index (χ2v) is 5.41. The van der Waals surface area contributed by atoms with E-state index in [1.165, 1.54) is 5.56 Å². The fourth-order valence-electron chi connectivity index (χ4n) is 2.21. The van der Waals surface area contributed by atoms with Gasteiger partial charge in [-0.15, -0.1) is 0 Å². The van der Waals surface area contributed by atoms with E-state index in [4.69, 9.17) is 5.73 Å². The van der Waals surface area contributed by atoms with E-state index in [0.717, 1.165) is 11.1 Å². The summed E-state index contributed by atoms with van der Waals surface area (Å²) >= 11 is 0. The monoisotopic (exact) mass is 282 g/mol. The number of carbonyl (C=O) groups is 1. The van der Waals surface area contributed by atoms with Crippen LogP contribution in [0.5, 0.6) is 0 Å². The van der Waals surface area contributed by atoms with E-state index in [0.29, 0.717) is 24.6 Å². The largest absolute Gasteiger partial charge is 0.351 e. The molecular formula is C18H22N2O. The number of hydrogen-bond acceptors (Lipinski definition) is 2. The van der Waals surface area contributed by atoms with Gasteiger partial charge >= 0.3 is 0 Å². The lowest BCUT2D eigenvalue weighted by molar-refractivity contribution is 0.0955. The third-order valence-electron chi connectivity index (χ3n) is 3.44. The van der Waals surface area contributed by atoms with Crippen molar-refractivity contribution >= 4 is 5.91 Å². The van der Waals surface area contributed by atoms with Crippen molar-refractivity contribution in [1.29, 1.82) is 0 Å². The molecular weight excluding hydrogens is 260 g/mol. The molecule has 3 N–H and O–H groups in total. The Morgan fingerprint density at radius 1 is 1.10 bits per heavy atom. The molecule has 0 saturated carbocycles. The summed E-state index contributed by atoms with van der Waals surface area (Å²) in [5.74, 6) is 0.406. The molecule has 0 aromatic heterocycles. The van der Waals surface area contributed by atoms with Crippen LogP contribution in [0.15, 0.2) is 48.5 Å². The van der Waals surface area contributed by atoms with Gasteiger partial charge in [-0.2, -0.15) is 0 Å². The summed E-state index contributed by atoms with van der Waals surface area (Å²) in [6, 6.07) is 16.1. The number of benzene rings is 2. The summed E-state index contributed by atoms with van der Waals surface area (Å²) < 4.78 is 0. The average molecular weight is 282 g/mol. The van der Waals surface area contributed by atoms with Crippen LogP contribution < -0.4 is 11.1 Å². The predicted molar refractivity (Wildman–Crippen MR) is 87.4 cm³/mol. The molecule has 0 spiro atoms. The van der Waals surface area contributed by atoms with Gasteiger partial charge < -0.3 is 11.1 Å². The highest BCUT2D eigenvalue weighted by atomic mass is 16.1. The third kappa shape index (κ3) is 3.92. The summed E-state index contributed by atoms with van der Waals surface area (Å²) in [6.07, 6.45) is 0. The summed E-state index contributed by atoms with van der Waals surface area (Å²) in [6.45, 7) is 5.29. The summed E-state index contributed by atoms with van der Waals surface area (Å²) in [7, 11) is 0. The fraction of sp³-hybridized carbons (Fsp3) is 0.278. The van der Waals surface area contributed by atoms with Gasteiger partial charge in [0.15, 0.2) is 0 Å². The van der Waals surface area contributed by atoms with E-state index in [2.05, 4.69) is 43.4 Å². The Morgan fingerprint density at radius 3 is 2.43 bits per heavy atom. The Bertz CT molecular complexity index is 620. The normalized spacial score (nSPS) is 10.7. The molecule has 21 heavy (non-hydrogen) atoms. The molecule has 2 aromatic rings. The van der Waals surface area contributed by atoms with Crippen LogP contribution in [-0.2, 0) is 0 Å². The van der Waals surface area contributed by atoms with Gasteiger partial charge in [-0.25, -0.2) is 0 Å². The van der Waals surface area contributed by atoms with Crippen LogP contribution in [0.2, 0.25) is 0 Å². The van der Waals surface area contributed by atoms with Crippen LogP contribution in [0.1, 0.15) is 35.7 Å². The SMILES string of the molecule is CC(C)c1cccc(-c2cccc(C(=O)NCCN)c2)c1. The Kier molecular flexibility index (Phi) is 5.12. The van der Waals surface area contributed by atoms with Crippen molar-refractivity contribution in [2.75, 3.05) is 13.1 Å². The minimum Gasteiger partial charge on any atom is -0.351 e. The highest BCUT2D eigenvalue weighted by Gasteiger charge is 2.07. The van der Waals surface area contributed by atoms with E-state index in [-0.39, 0.29) is 5.91 Å². The second kappa shape index (κ2) is 7.04. The maximum atomic E-state index is 12.0. The van der Waals surface area contributed by atoms with Gasteiger partial charge in [-0.1, -0.05) is 50.2 Å². The molecule has 0 aliphatic carbocycles. The van der Waals surface area contributed by atoms with Crippen LogP contribution in [0, 0.1) is 0 Å². The zero-order valence-electron chi connectivity index (χ0n) is 12.6. The first kappa shape index (κ1) is 15.3. The van der Waals surface area contributed by atoms with Crippen molar-refractivity contribution in [1.82, 2.24) is 5.32 Å². The minimum atomic E-state index is -0.0812. The van der Waals surface area contributed by atoms with Crippen LogP contribution in [-0.4, -0.2) is 19.0 Å². The Labute approximate surface area is 126 Å². The highest BCUT2D eigenvalue weighted by molar-refractivity contribution is 5.95. The van der Waals surface area contributed by atoms with Crippen molar-refractivity contribution < 1.29 is 4.79 Å². The number of rotatable bonds is 5. The molecule has 2 aromatic carbocycles. The smallest absolute Gasteiger partial charge is 0.251 e. The third-order valence-corrected chi connectivity index (χ3v) is 3.44. The maximum absolute atomic E-state index is 12.0. The summed E-state index contributed by atoms with van der Waals surface area (Å²) in [5.41, 5.74) is 9.55. The molecule has 0 fully saturated rings. The molecule has 0 heterocycles. The van der Waals surface area contributed by atoms with E-state index < -0.39 is 0 Å². The Balaban J connectivity index is 2.28. The van der Waals surface area contributed by atoms with Crippen molar-refractivity contribution in [3.63, 3.8) is 0 Å². The molecule has 0 saturated heterocycles. The highest BCUT2D eigenvalue weighted by Crippen LogP contribution is 2.24. The van der Waals surface area contributed by atoms with Crippen molar-refractivity contribution in [3.05, 3.63) is 59.7 Å². The molecule has 0 atom stereocenters. The molecule has 0 aliphatic rings. The van der Waals surface area contributed by atoms with Gasteiger partial charge in [0.25, 0.3) is 5.91 Å². The molecule has 1 amide bonds.